The van der Waals surface area contributed by atoms with Crippen LogP contribution in [0.2, 0.25) is 0 Å². The van der Waals surface area contributed by atoms with Gasteiger partial charge in [-0.2, -0.15) is 5.10 Å². The Hall–Kier alpha value is -2.38. The van der Waals surface area contributed by atoms with Gasteiger partial charge in [0.25, 0.3) is 0 Å². The minimum Gasteiger partial charge on any atom is -0.507 e. The van der Waals surface area contributed by atoms with Crippen molar-refractivity contribution < 1.29 is 9.84 Å². The van der Waals surface area contributed by atoms with E-state index in [0.717, 1.165) is 20.5 Å². The van der Waals surface area contributed by atoms with Crippen LogP contribution in [-0.2, 0) is 0 Å². The van der Waals surface area contributed by atoms with Gasteiger partial charge in [-0.25, -0.2) is 4.68 Å². The highest BCUT2D eigenvalue weighted by molar-refractivity contribution is 9.10. The molecule has 134 valence electrons. The van der Waals surface area contributed by atoms with Crippen LogP contribution in [0.1, 0.15) is 12.5 Å². The fourth-order valence-corrected chi connectivity index (χ4v) is 3.58. The van der Waals surface area contributed by atoms with Gasteiger partial charge >= 0.3 is 0 Å². The first-order valence-electron chi connectivity index (χ1n) is 7.85. The minimum atomic E-state index is 0.126. The summed E-state index contributed by atoms with van der Waals surface area (Å²) in [5.74, 6) is 0.726. The summed E-state index contributed by atoms with van der Waals surface area (Å²) in [7, 11) is 3.31. The average Bonchev–Trinajstić information content (AvgIpc) is 3.04. The smallest absolute Gasteiger partial charge is 0.205 e. The normalized spacial score (nSPS) is 12.5. The van der Waals surface area contributed by atoms with Crippen LogP contribution in [0.3, 0.4) is 0 Å². The van der Waals surface area contributed by atoms with Crippen LogP contribution >= 0.6 is 27.3 Å². The molecule has 0 saturated heterocycles. The van der Waals surface area contributed by atoms with E-state index in [1.807, 2.05) is 36.6 Å². The molecule has 2 aromatic carbocycles. The third-order valence-corrected chi connectivity index (χ3v) is 5.30. The van der Waals surface area contributed by atoms with Crippen LogP contribution in [0.4, 0.5) is 0 Å². The van der Waals surface area contributed by atoms with Crippen molar-refractivity contribution in [1.29, 1.82) is 0 Å². The second-order valence-electron chi connectivity index (χ2n) is 5.51. The molecule has 0 aliphatic rings. The highest BCUT2D eigenvalue weighted by atomic mass is 79.9. The Morgan fingerprint density at radius 2 is 1.92 bits per heavy atom. The Morgan fingerprint density at radius 1 is 1.19 bits per heavy atom. The van der Waals surface area contributed by atoms with Crippen LogP contribution in [0, 0.1) is 0 Å². The van der Waals surface area contributed by atoms with Gasteiger partial charge in [0, 0.05) is 34.1 Å². The third-order valence-electron chi connectivity index (χ3n) is 3.86. The minimum absolute atomic E-state index is 0.126. The molecule has 1 aromatic heterocycles. The number of phenolic OH excluding ortho intramolecular Hbond substituents is 1. The lowest BCUT2D eigenvalue weighted by Crippen LogP contribution is -2.13. The number of aromatic hydroxyl groups is 1. The van der Waals surface area contributed by atoms with E-state index in [1.165, 1.54) is 11.3 Å². The van der Waals surface area contributed by atoms with Crippen LogP contribution in [0.15, 0.2) is 62.4 Å². The number of hydrogen-bond acceptors (Lipinski definition) is 5. The first-order chi connectivity index (χ1) is 12.5. The summed E-state index contributed by atoms with van der Waals surface area (Å²) in [5.41, 5.74) is 3.30. The van der Waals surface area contributed by atoms with Crippen molar-refractivity contribution in [2.75, 3.05) is 14.2 Å². The molecule has 3 rings (SSSR count). The number of rotatable bonds is 4. The summed E-state index contributed by atoms with van der Waals surface area (Å²) in [6.45, 7) is 1.86. The van der Waals surface area contributed by atoms with Gasteiger partial charge in [0.1, 0.15) is 11.5 Å². The summed E-state index contributed by atoms with van der Waals surface area (Å²) in [6.07, 6.45) is 0. The van der Waals surface area contributed by atoms with Gasteiger partial charge in [-0.3, -0.25) is 4.99 Å². The van der Waals surface area contributed by atoms with E-state index in [4.69, 9.17) is 9.84 Å². The molecular formula is C19H18BrN3O2S. The molecule has 1 heterocycles. The zero-order valence-electron chi connectivity index (χ0n) is 14.6. The molecule has 0 aliphatic heterocycles. The topological polar surface area (TPSA) is 59.1 Å². The quantitative estimate of drug-likeness (QED) is 0.618. The van der Waals surface area contributed by atoms with E-state index in [-0.39, 0.29) is 5.75 Å². The van der Waals surface area contributed by atoms with E-state index in [2.05, 4.69) is 20.9 Å². The first kappa shape index (κ1) is 18.4. The number of benzene rings is 2. The molecule has 1 N–H and O–H groups in total. The number of halogens is 1. The van der Waals surface area contributed by atoms with Crippen molar-refractivity contribution in [3.05, 3.63) is 62.7 Å². The molecule has 7 heteroatoms. The van der Waals surface area contributed by atoms with Crippen molar-refractivity contribution in [3.63, 3.8) is 0 Å². The van der Waals surface area contributed by atoms with Crippen molar-refractivity contribution in [1.82, 2.24) is 4.68 Å². The van der Waals surface area contributed by atoms with Crippen molar-refractivity contribution in [3.8, 4) is 22.8 Å². The second-order valence-corrected chi connectivity index (χ2v) is 7.27. The van der Waals surface area contributed by atoms with Crippen LogP contribution in [-0.4, -0.2) is 29.7 Å². The third kappa shape index (κ3) is 3.73. The van der Waals surface area contributed by atoms with Crippen LogP contribution in [0.5, 0.6) is 11.5 Å². The maximum atomic E-state index is 10.3. The van der Waals surface area contributed by atoms with Gasteiger partial charge in [0.05, 0.1) is 18.5 Å². The van der Waals surface area contributed by atoms with E-state index in [9.17, 15) is 5.11 Å². The predicted octanol–water partition coefficient (Wildman–Crippen LogP) is 4.50. The average molecular weight is 432 g/mol. The zero-order valence-corrected chi connectivity index (χ0v) is 17.0. The lowest BCUT2D eigenvalue weighted by Gasteiger charge is -2.09. The lowest BCUT2D eigenvalue weighted by molar-refractivity contribution is 0.407. The Kier molecular flexibility index (Phi) is 5.58. The van der Waals surface area contributed by atoms with Gasteiger partial charge in [0.15, 0.2) is 0 Å². The number of ether oxygens (including phenoxy) is 1. The van der Waals surface area contributed by atoms with Gasteiger partial charge < -0.3 is 9.84 Å². The van der Waals surface area contributed by atoms with Gasteiger partial charge in [-0.1, -0.05) is 28.1 Å². The van der Waals surface area contributed by atoms with E-state index in [0.29, 0.717) is 17.0 Å². The highest BCUT2D eigenvalue weighted by Gasteiger charge is 2.11. The molecule has 0 atom stereocenters. The number of methoxy groups -OCH3 is 1. The van der Waals surface area contributed by atoms with Crippen LogP contribution in [0.25, 0.3) is 11.3 Å². The Balaban J connectivity index is 2.10. The molecular weight excluding hydrogens is 414 g/mol. The summed E-state index contributed by atoms with van der Waals surface area (Å²) in [5, 5.41) is 17.0. The summed E-state index contributed by atoms with van der Waals surface area (Å²) in [4.78, 5) is 5.09. The molecule has 0 aliphatic carbocycles. The predicted molar refractivity (Wildman–Crippen MR) is 109 cm³/mol. The molecule has 5 nitrogen and oxygen atoms in total. The molecule has 3 aromatic rings. The Morgan fingerprint density at radius 3 is 2.54 bits per heavy atom. The van der Waals surface area contributed by atoms with E-state index in [1.54, 1.807) is 37.0 Å². The number of nitrogens with zero attached hydrogens (tertiary/aromatic N) is 3. The summed E-state index contributed by atoms with van der Waals surface area (Å²) in [6, 6.07) is 13.2. The molecule has 26 heavy (non-hydrogen) atoms. The zero-order chi connectivity index (χ0) is 18.7. The van der Waals surface area contributed by atoms with Crippen molar-refractivity contribution >= 4 is 33.0 Å². The molecule has 0 saturated carbocycles. The molecule has 0 unspecified atom stereocenters. The number of hydrogen-bond donors (Lipinski definition) is 1. The van der Waals surface area contributed by atoms with Gasteiger partial charge in [-0.15, -0.1) is 11.3 Å². The Bertz CT molecular complexity index is 1020. The first-order valence-corrected chi connectivity index (χ1v) is 9.53. The maximum Gasteiger partial charge on any atom is 0.205 e. The molecule has 0 spiro atoms. The molecule has 0 bridgehead atoms. The Labute approximate surface area is 164 Å². The van der Waals surface area contributed by atoms with Gasteiger partial charge in [-0.05, 0) is 31.2 Å². The maximum absolute atomic E-state index is 10.3. The largest absolute Gasteiger partial charge is 0.507 e. The SMILES string of the molecule is CN=c1scc(-c2ccc(Br)cc2)n1N=C(C)c1ccc(OC)cc1O. The van der Waals surface area contributed by atoms with Gasteiger partial charge in [0.2, 0.25) is 4.80 Å². The second kappa shape index (κ2) is 7.88. The summed E-state index contributed by atoms with van der Waals surface area (Å²) >= 11 is 4.98. The molecule has 0 radical (unpaired) electrons. The number of phenols is 1. The number of thiazole rings is 1. The fourth-order valence-electron chi connectivity index (χ4n) is 2.51. The number of aromatic nitrogens is 1. The highest BCUT2D eigenvalue weighted by Crippen LogP contribution is 2.26. The van der Waals surface area contributed by atoms with E-state index >= 15 is 0 Å². The van der Waals surface area contributed by atoms with Crippen LogP contribution < -0.4 is 9.54 Å². The molecule has 0 amide bonds. The van der Waals surface area contributed by atoms with Crippen molar-refractivity contribution in [2.45, 2.75) is 6.92 Å². The standard InChI is InChI=1S/C19H18BrN3O2S/c1-12(16-9-8-15(25-3)10-18(16)24)22-23-17(11-26-19(23)21-2)13-4-6-14(20)7-5-13/h4-11,24H,1-3H3. The fraction of sp³-hybridized carbons (Fsp3) is 0.158. The molecule has 0 fully saturated rings. The summed E-state index contributed by atoms with van der Waals surface area (Å²) < 4.78 is 7.95. The van der Waals surface area contributed by atoms with E-state index < -0.39 is 0 Å². The van der Waals surface area contributed by atoms with Crippen molar-refractivity contribution in [2.24, 2.45) is 10.1 Å². The lowest BCUT2D eigenvalue weighted by atomic mass is 10.1. The monoisotopic (exact) mass is 431 g/mol.